The molecule has 0 aliphatic rings. The molecule has 0 aliphatic carbocycles. The van der Waals surface area contributed by atoms with Crippen molar-refractivity contribution in [1.82, 2.24) is 5.73 Å². The van der Waals surface area contributed by atoms with E-state index >= 15 is 0 Å². The molecule has 0 N–H and O–H groups in total. The molecule has 0 unspecified atom stereocenters. The van der Waals surface area contributed by atoms with Gasteiger partial charge in [-0.2, -0.15) is 0 Å². The standard InChI is InChI=1S/C14H21N/c1-2-3-6-13-8-10-14(11-9-13)7-4-5-12-15/h8-11H,2-7,12H2,1H3. The highest BCUT2D eigenvalue weighted by atomic mass is 14.5. The Labute approximate surface area is 93.7 Å². The van der Waals surface area contributed by atoms with E-state index < -0.39 is 0 Å². The van der Waals surface area contributed by atoms with Crippen molar-refractivity contribution in [1.29, 1.82) is 0 Å². The highest BCUT2D eigenvalue weighted by molar-refractivity contribution is 5.22. The lowest BCUT2D eigenvalue weighted by Gasteiger charge is -2.03. The van der Waals surface area contributed by atoms with E-state index in [0.29, 0.717) is 6.54 Å². The monoisotopic (exact) mass is 203 g/mol. The van der Waals surface area contributed by atoms with Crippen LogP contribution in [0.25, 0.3) is 0 Å². The van der Waals surface area contributed by atoms with Gasteiger partial charge in [-0.05, 0) is 43.2 Å². The number of unbranched alkanes of at least 4 members (excludes halogenated alkanes) is 2. The Morgan fingerprint density at radius 3 is 1.87 bits per heavy atom. The number of rotatable bonds is 7. The van der Waals surface area contributed by atoms with Gasteiger partial charge in [0.25, 0.3) is 0 Å². The smallest absolute Gasteiger partial charge is 0.0321 e. The molecule has 1 rings (SSSR count). The van der Waals surface area contributed by atoms with E-state index in [4.69, 9.17) is 5.73 Å². The first kappa shape index (κ1) is 12.3. The fourth-order valence-corrected chi connectivity index (χ4v) is 1.69. The van der Waals surface area contributed by atoms with Gasteiger partial charge in [0.2, 0.25) is 0 Å². The molecule has 0 saturated carbocycles. The number of nitrogens with zero attached hydrogens (tertiary/aromatic N) is 1. The summed E-state index contributed by atoms with van der Waals surface area (Å²) < 4.78 is 0. The predicted octanol–water partition coefficient (Wildman–Crippen LogP) is 3.42. The van der Waals surface area contributed by atoms with Crippen molar-refractivity contribution in [3.63, 3.8) is 0 Å². The van der Waals surface area contributed by atoms with Crippen LogP contribution < -0.4 is 5.73 Å². The summed E-state index contributed by atoms with van der Waals surface area (Å²) in [5.74, 6) is 0. The van der Waals surface area contributed by atoms with Crippen LogP contribution in [0.3, 0.4) is 0 Å². The Kier molecular flexibility index (Phi) is 6.10. The van der Waals surface area contributed by atoms with Gasteiger partial charge in [0.05, 0.1) is 0 Å². The average Bonchev–Trinajstić information content (AvgIpc) is 2.28. The average molecular weight is 203 g/mol. The molecule has 0 amide bonds. The number of hydrogen-bond acceptors (Lipinski definition) is 0. The Morgan fingerprint density at radius 1 is 0.867 bits per heavy atom. The summed E-state index contributed by atoms with van der Waals surface area (Å²) in [7, 11) is 0. The molecule has 15 heavy (non-hydrogen) atoms. The molecule has 0 bridgehead atoms. The van der Waals surface area contributed by atoms with Gasteiger partial charge in [0.1, 0.15) is 0 Å². The third-order valence-electron chi connectivity index (χ3n) is 2.72. The van der Waals surface area contributed by atoms with Gasteiger partial charge in [0.15, 0.2) is 0 Å². The molecular weight excluding hydrogens is 182 g/mol. The summed E-state index contributed by atoms with van der Waals surface area (Å²) in [6, 6.07) is 8.93. The first-order valence-electron chi connectivity index (χ1n) is 6.05. The molecule has 0 saturated heterocycles. The van der Waals surface area contributed by atoms with Crippen LogP contribution in [0.2, 0.25) is 0 Å². The van der Waals surface area contributed by atoms with Crippen LogP contribution in [0.5, 0.6) is 0 Å². The van der Waals surface area contributed by atoms with Gasteiger partial charge in [0, 0.05) is 6.54 Å². The molecule has 0 fully saturated rings. The van der Waals surface area contributed by atoms with Gasteiger partial charge in [-0.25, -0.2) is 0 Å². The third kappa shape index (κ3) is 4.98. The lowest BCUT2D eigenvalue weighted by atomic mass is 10.0. The van der Waals surface area contributed by atoms with Crippen molar-refractivity contribution >= 4 is 0 Å². The quantitative estimate of drug-likeness (QED) is 0.606. The predicted molar refractivity (Wildman–Crippen MR) is 65.0 cm³/mol. The summed E-state index contributed by atoms with van der Waals surface area (Å²) in [4.78, 5) is 0. The second-order valence-electron chi connectivity index (χ2n) is 4.10. The van der Waals surface area contributed by atoms with Gasteiger partial charge < -0.3 is 0 Å². The molecule has 0 aliphatic heterocycles. The van der Waals surface area contributed by atoms with E-state index in [1.165, 1.54) is 30.4 Å². The van der Waals surface area contributed by atoms with Crippen molar-refractivity contribution in [2.45, 2.75) is 45.4 Å². The molecule has 1 nitrogen and oxygen atoms in total. The molecule has 82 valence electrons. The van der Waals surface area contributed by atoms with Crippen molar-refractivity contribution in [2.24, 2.45) is 0 Å². The fraction of sp³-hybridized carbons (Fsp3) is 0.571. The van der Waals surface area contributed by atoms with Gasteiger partial charge in [-0.3, -0.25) is 0 Å². The first-order chi connectivity index (χ1) is 7.36. The Morgan fingerprint density at radius 2 is 1.40 bits per heavy atom. The molecule has 0 aromatic heterocycles. The maximum absolute atomic E-state index is 8.69. The molecule has 1 aromatic rings. The van der Waals surface area contributed by atoms with Crippen LogP contribution in [-0.2, 0) is 12.8 Å². The summed E-state index contributed by atoms with van der Waals surface area (Å²) in [6.07, 6.45) is 6.84. The topological polar surface area (TPSA) is 22.3 Å². The molecule has 0 spiro atoms. The van der Waals surface area contributed by atoms with Gasteiger partial charge in [-0.1, -0.05) is 37.6 Å². The van der Waals surface area contributed by atoms with Crippen LogP contribution in [0, 0.1) is 0 Å². The second kappa shape index (κ2) is 7.47. The Bertz CT molecular complexity index is 251. The fourth-order valence-electron chi connectivity index (χ4n) is 1.69. The third-order valence-corrected chi connectivity index (χ3v) is 2.72. The Hall–Kier alpha value is -0.820. The van der Waals surface area contributed by atoms with Crippen LogP contribution in [0.1, 0.15) is 43.7 Å². The van der Waals surface area contributed by atoms with Crippen molar-refractivity contribution in [3.8, 4) is 0 Å². The first-order valence-corrected chi connectivity index (χ1v) is 6.05. The minimum Gasteiger partial charge on any atom is -0.145 e. The van der Waals surface area contributed by atoms with Gasteiger partial charge in [-0.15, -0.1) is 5.73 Å². The minimum absolute atomic E-state index is 0.314. The summed E-state index contributed by atoms with van der Waals surface area (Å²) in [5, 5.41) is 0. The zero-order valence-electron chi connectivity index (χ0n) is 9.71. The zero-order chi connectivity index (χ0) is 10.9. The van der Waals surface area contributed by atoms with Crippen LogP contribution in [0.15, 0.2) is 24.3 Å². The number of benzene rings is 1. The Balaban J connectivity index is 2.35. The van der Waals surface area contributed by atoms with E-state index in [1.807, 2.05) is 0 Å². The van der Waals surface area contributed by atoms with E-state index in [0.717, 1.165) is 19.3 Å². The molecule has 0 atom stereocenters. The summed E-state index contributed by atoms with van der Waals surface area (Å²) in [5.41, 5.74) is 11.5. The number of aryl methyl sites for hydroxylation is 2. The largest absolute Gasteiger partial charge is 0.145 e. The summed E-state index contributed by atoms with van der Waals surface area (Å²) >= 11 is 0. The molecule has 2 radical (unpaired) electrons. The van der Waals surface area contributed by atoms with Gasteiger partial charge >= 0.3 is 0 Å². The zero-order valence-corrected chi connectivity index (χ0v) is 9.71. The van der Waals surface area contributed by atoms with Crippen LogP contribution in [-0.4, -0.2) is 6.54 Å². The van der Waals surface area contributed by atoms with E-state index in [2.05, 4.69) is 31.2 Å². The van der Waals surface area contributed by atoms with E-state index in [1.54, 1.807) is 0 Å². The highest BCUT2D eigenvalue weighted by Crippen LogP contribution is 2.10. The van der Waals surface area contributed by atoms with Crippen LogP contribution in [0.4, 0.5) is 0 Å². The molecule has 0 heterocycles. The lowest BCUT2D eigenvalue weighted by molar-refractivity contribution is 0.734. The number of hydrogen-bond donors (Lipinski definition) is 0. The second-order valence-corrected chi connectivity index (χ2v) is 4.10. The van der Waals surface area contributed by atoms with Crippen molar-refractivity contribution in [3.05, 3.63) is 35.4 Å². The minimum atomic E-state index is 0.314. The summed E-state index contributed by atoms with van der Waals surface area (Å²) in [6.45, 7) is 2.54. The highest BCUT2D eigenvalue weighted by Gasteiger charge is 1.95. The maximum atomic E-state index is 8.69. The molecule has 1 aromatic carbocycles. The molecule has 1 heteroatoms. The van der Waals surface area contributed by atoms with Crippen molar-refractivity contribution < 1.29 is 0 Å². The van der Waals surface area contributed by atoms with E-state index in [-0.39, 0.29) is 0 Å². The normalized spacial score (nSPS) is 10.5. The van der Waals surface area contributed by atoms with Crippen LogP contribution >= 0.6 is 0 Å². The maximum Gasteiger partial charge on any atom is 0.0321 e. The molecular formula is C14H21N. The van der Waals surface area contributed by atoms with Crippen molar-refractivity contribution in [2.75, 3.05) is 6.54 Å². The lowest BCUT2D eigenvalue weighted by Crippen LogP contribution is -1.91. The SMILES string of the molecule is CCCCc1ccc(CCCC[N])cc1. The van der Waals surface area contributed by atoms with E-state index in [9.17, 15) is 0 Å².